The van der Waals surface area contributed by atoms with Crippen LogP contribution in [-0.4, -0.2) is 34.0 Å². The van der Waals surface area contributed by atoms with Gasteiger partial charge in [0.1, 0.15) is 12.4 Å². The molecule has 2 heterocycles. The van der Waals surface area contributed by atoms with Gasteiger partial charge in [-0.3, -0.25) is 14.7 Å². The number of benzene rings is 1. The Labute approximate surface area is 183 Å². The standard InChI is InChI=1S/C25H29N3O3/c1-17-9-23(8-7-19(17)13-28-14-21(15-28)25(29)30)31-16-22-10-20(11-26)24(12-27-22)18-5-3-2-4-6-18/h7-10,12,18,21H,2-6,13-16H2,1H3,(H,29,30). The van der Waals surface area contributed by atoms with Crippen LogP contribution in [0, 0.1) is 24.2 Å². The topological polar surface area (TPSA) is 86.5 Å². The summed E-state index contributed by atoms with van der Waals surface area (Å²) in [6.45, 7) is 4.34. The van der Waals surface area contributed by atoms with E-state index in [1.54, 1.807) is 0 Å². The number of ether oxygens (including phenoxy) is 1. The van der Waals surface area contributed by atoms with E-state index in [-0.39, 0.29) is 5.92 Å². The Kier molecular flexibility index (Phi) is 6.53. The number of carboxylic acid groups (broad SMARTS) is 1. The molecule has 162 valence electrons. The summed E-state index contributed by atoms with van der Waals surface area (Å²) in [4.78, 5) is 17.7. The molecule has 0 bridgehead atoms. The SMILES string of the molecule is Cc1cc(OCc2cc(C#N)c(C3CCCCC3)cn2)ccc1CN1CC(C(=O)O)C1. The number of aliphatic carboxylic acids is 1. The fourth-order valence-corrected chi connectivity index (χ4v) is 4.61. The number of carbonyl (C=O) groups is 1. The maximum Gasteiger partial charge on any atom is 0.309 e. The Hall–Kier alpha value is -2.91. The minimum absolute atomic E-state index is 0.238. The van der Waals surface area contributed by atoms with Crippen molar-refractivity contribution in [3.05, 3.63) is 58.4 Å². The van der Waals surface area contributed by atoms with E-state index >= 15 is 0 Å². The molecule has 0 amide bonds. The second kappa shape index (κ2) is 9.49. The lowest BCUT2D eigenvalue weighted by atomic mass is 9.83. The van der Waals surface area contributed by atoms with Crippen LogP contribution in [0.3, 0.4) is 0 Å². The van der Waals surface area contributed by atoms with Crippen molar-refractivity contribution >= 4 is 5.97 Å². The molecule has 0 radical (unpaired) electrons. The van der Waals surface area contributed by atoms with Gasteiger partial charge in [-0.1, -0.05) is 25.3 Å². The summed E-state index contributed by atoms with van der Waals surface area (Å²) in [5.41, 5.74) is 4.87. The molecule has 4 rings (SSSR count). The molecular weight excluding hydrogens is 390 g/mol. The van der Waals surface area contributed by atoms with Crippen LogP contribution in [0.2, 0.25) is 0 Å². The van der Waals surface area contributed by atoms with Crippen LogP contribution in [0.15, 0.2) is 30.5 Å². The molecule has 1 aromatic carbocycles. The molecule has 1 aliphatic carbocycles. The molecule has 31 heavy (non-hydrogen) atoms. The van der Waals surface area contributed by atoms with Gasteiger partial charge >= 0.3 is 5.97 Å². The van der Waals surface area contributed by atoms with Crippen molar-refractivity contribution in [2.45, 2.75) is 58.1 Å². The number of likely N-dealkylation sites (tertiary alicyclic amines) is 1. The van der Waals surface area contributed by atoms with E-state index in [0.29, 0.717) is 25.6 Å². The van der Waals surface area contributed by atoms with E-state index < -0.39 is 5.97 Å². The minimum Gasteiger partial charge on any atom is -0.487 e. The fraction of sp³-hybridized carbons (Fsp3) is 0.480. The molecule has 6 heteroatoms. The molecule has 6 nitrogen and oxygen atoms in total. The Morgan fingerprint density at radius 2 is 2.03 bits per heavy atom. The van der Waals surface area contributed by atoms with Crippen molar-refractivity contribution in [3.63, 3.8) is 0 Å². The summed E-state index contributed by atoms with van der Waals surface area (Å²) < 4.78 is 5.94. The quantitative estimate of drug-likeness (QED) is 0.716. The lowest BCUT2D eigenvalue weighted by molar-refractivity contribution is -0.147. The third-order valence-corrected chi connectivity index (χ3v) is 6.56. The van der Waals surface area contributed by atoms with Gasteiger partial charge < -0.3 is 9.84 Å². The number of hydrogen-bond acceptors (Lipinski definition) is 5. The lowest BCUT2D eigenvalue weighted by Gasteiger charge is -2.36. The van der Waals surface area contributed by atoms with Crippen molar-refractivity contribution in [2.24, 2.45) is 5.92 Å². The van der Waals surface area contributed by atoms with Gasteiger partial charge in [-0.15, -0.1) is 0 Å². The third kappa shape index (κ3) is 5.05. The molecule has 1 aromatic heterocycles. The first-order valence-corrected chi connectivity index (χ1v) is 11.1. The molecule has 1 saturated heterocycles. The Morgan fingerprint density at radius 3 is 2.71 bits per heavy atom. The van der Waals surface area contributed by atoms with Crippen LogP contribution in [0.4, 0.5) is 0 Å². The van der Waals surface area contributed by atoms with Crippen molar-refractivity contribution in [1.82, 2.24) is 9.88 Å². The smallest absolute Gasteiger partial charge is 0.309 e. The number of aryl methyl sites for hydroxylation is 1. The molecule has 1 saturated carbocycles. The second-order valence-electron chi connectivity index (χ2n) is 8.82. The van der Waals surface area contributed by atoms with E-state index in [2.05, 4.69) is 16.0 Å². The molecule has 2 aromatic rings. The van der Waals surface area contributed by atoms with Crippen LogP contribution >= 0.6 is 0 Å². The summed E-state index contributed by atoms with van der Waals surface area (Å²) in [7, 11) is 0. The second-order valence-corrected chi connectivity index (χ2v) is 8.82. The molecular formula is C25H29N3O3. The van der Waals surface area contributed by atoms with E-state index in [4.69, 9.17) is 9.84 Å². The van der Waals surface area contributed by atoms with E-state index in [1.807, 2.05) is 37.4 Å². The maximum atomic E-state index is 11.0. The zero-order chi connectivity index (χ0) is 21.8. The Morgan fingerprint density at radius 1 is 1.26 bits per heavy atom. The highest BCUT2D eigenvalue weighted by molar-refractivity contribution is 5.71. The van der Waals surface area contributed by atoms with Crippen LogP contribution in [0.5, 0.6) is 5.75 Å². The Bertz CT molecular complexity index is 986. The molecule has 0 spiro atoms. The number of hydrogen-bond donors (Lipinski definition) is 1. The van der Waals surface area contributed by atoms with Gasteiger partial charge in [0.25, 0.3) is 0 Å². The predicted molar refractivity (Wildman–Crippen MR) is 117 cm³/mol. The number of nitriles is 1. The van der Waals surface area contributed by atoms with Crippen LogP contribution < -0.4 is 4.74 Å². The van der Waals surface area contributed by atoms with Crippen LogP contribution in [0.1, 0.15) is 66.0 Å². The number of aromatic nitrogens is 1. The van der Waals surface area contributed by atoms with Gasteiger partial charge in [0.2, 0.25) is 0 Å². The number of carboxylic acids is 1. The lowest BCUT2D eigenvalue weighted by Crippen LogP contribution is -2.49. The van der Waals surface area contributed by atoms with Crippen molar-refractivity contribution in [2.75, 3.05) is 13.1 Å². The highest BCUT2D eigenvalue weighted by atomic mass is 16.5. The summed E-state index contributed by atoms with van der Waals surface area (Å²) >= 11 is 0. The molecule has 0 unspecified atom stereocenters. The Balaban J connectivity index is 1.35. The zero-order valence-corrected chi connectivity index (χ0v) is 18.0. The molecule has 2 fully saturated rings. The van der Waals surface area contributed by atoms with Gasteiger partial charge in [0.15, 0.2) is 0 Å². The fourth-order valence-electron chi connectivity index (χ4n) is 4.61. The molecule has 0 atom stereocenters. The first-order valence-electron chi connectivity index (χ1n) is 11.1. The van der Waals surface area contributed by atoms with Gasteiger partial charge in [-0.05, 0) is 60.6 Å². The van der Waals surface area contributed by atoms with Gasteiger partial charge in [0, 0.05) is 25.8 Å². The summed E-state index contributed by atoms with van der Waals surface area (Å²) in [6, 6.07) is 10.2. The summed E-state index contributed by atoms with van der Waals surface area (Å²) in [5, 5.41) is 18.6. The highest BCUT2D eigenvalue weighted by Gasteiger charge is 2.32. The first kappa shape index (κ1) is 21.3. The summed E-state index contributed by atoms with van der Waals surface area (Å²) in [5.74, 6) is 0.276. The normalized spacial score (nSPS) is 17.7. The molecule has 2 aliphatic rings. The van der Waals surface area contributed by atoms with Crippen molar-refractivity contribution in [3.8, 4) is 11.8 Å². The zero-order valence-electron chi connectivity index (χ0n) is 18.0. The maximum absolute atomic E-state index is 11.0. The molecule has 1 aliphatic heterocycles. The van der Waals surface area contributed by atoms with Gasteiger partial charge in [-0.2, -0.15) is 5.26 Å². The van der Waals surface area contributed by atoms with E-state index in [1.165, 1.54) is 24.8 Å². The van der Waals surface area contributed by atoms with Crippen LogP contribution in [0.25, 0.3) is 0 Å². The molecule has 1 N–H and O–H groups in total. The number of rotatable bonds is 7. The minimum atomic E-state index is -0.711. The number of pyridine rings is 1. The first-order chi connectivity index (χ1) is 15.0. The average Bonchev–Trinajstić information content (AvgIpc) is 2.75. The van der Waals surface area contributed by atoms with E-state index in [0.717, 1.165) is 47.5 Å². The van der Waals surface area contributed by atoms with E-state index in [9.17, 15) is 10.1 Å². The van der Waals surface area contributed by atoms with Gasteiger partial charge in [-0.25, -0.2) is 0 Å². The van der Waals surface area contributed by atoms with Crippen LogP contribution in [-0.2, 0) is 17.9 Å². The predicted octanol–water partition coefficient (Wildman–Crippen LogP) is 4.40. The average molecular weight is 420 g/mol. The largest absolute Gasteiger partial charge is 0.487 e. The highest BCUT2D eigenvalue weighted by Crippen LogP contribution is 2.34. The van der Waals surface area contributed by atoms with Crippen molar-refractivity contribution < 1.29 is 14.6 Å². The third-order valence-electron chi connectivity index (χ3n) is 6.56. The summed E-state index contributed by atoms with van der Waals surface area (Å²) in [6.07, 6.45) is 7.91. The van der Waals surface area contributed by atoms with Gasteiger partial charge in [0.05, 0.1) is 23.2 Å². The monoisotopic (exact) mass is 419 g/mol. The number of nitrogens with zero attached hydrogens (tertiary/aromatic N) is 3. The van der Waals surface area contributed by atoms with Crippen molar-refractivity contribution in [1.29, 1.82) is 5.26 Å².